The first-order valence-electron chi connectivity index (χ1n) is 7.82. The van der Waals surface area contributed by atoms with Gasteiger partial charge in [-0.3, -0.25) is 4.90 Å². The van der Waals surface area contributed by atoms with E-state index < -0.39 is 0 Å². The maximum atomic E-state index is 9.38. The Bertz CT molecular complexity index is 450. The van der Waals surface area contributed by atoms with E-state index in [-0.39, 0.29) is 6.61 Å². The zero-order chi connectivity index (χ0) is 15.2. The van der Waals surface area contributed by atoms with Crippen molar-refractivity contribution in [3.05, 3.63) is 23.8 Å². The molecule has 0 bridgehead atoms. The van der Waals surface area contributed by atoms with Crippen LogP contribution in [0.15, 0.2) is 18.2 Å². The lowest BCUT2D eigenvalue weighted by molar-refractivity contribution is 0.0771. The molecule has 0 radical (unpaired) electrons. The minimum atomic E-state index is 0.288. The standard InChI is InChI=1S/C17H27NO3/c1-4-21-16-8-7-14(9-17(16)20-3)10-18-11-15(12-19)6-5-13(18)2/h7-9,13,15,19H,4-6,10-12H2,1-3H3. The van der Waals surface area contributed by atoms with Crippen LogP contribution in [0.3, 0.4) is 0 Å². The van der Waals surface area contributed by atoms with Gasteiger partial charge in [-0.15, -0.1) is 0 Å². The maximum absolute atomic E-state index is 9.38. The second-order valence-corrected chi connectivity index (χ2v) is 5.82. The lowest BCUT2D eigenvalue weighted by Gasteiger charge is -2.37. The number of benzene rings is 1. The molecule has 1 aromatic rings. The second-order valence-electron chi connectivity index (χ2n) is 5.82. The topological polar surface area (TPSA) is 41.9 Å². The highest BCUT2D eigenvalue weighted by Gasteiger charge is 2.25. The Kier molecular flexibility index (Phi) is 5.88. The molecule has 1 aliphatic rings. The van der Waals surface area contributed by atoms with Crippen molar-refractivity contribution in [2.45, 2.75) is 39.3 Å². The van der Waals surface area contributed by atoms with Gasteiger partial charge in [0, 0.05) is 25.7 Å². The summed E-state index contributed by atoms with van der Waals surface area (Å²) in [5, 5.41) is 9.38. The van der Waals surface area contributed by atoms with Crippen molar-refractivity contribution in [2.24, 2.45) is 5.92 Å². The van der Waals surface area contributed by atoms with Crippen LogP contribution in [0.5, 0.6) is 11.5 Å². The van der Waals surface area contributed by atoms with E-state index in [0.29, 0.717) is 18.6 Å². The summed E-state index contributed by atoms with van der Waals surface area (Å²) in [5.74, 6) is 1.99. The highest BCUT2D eigenvalue weighted by Crippen LogP contribution is 2.30. The van der Waals surface area contributed by atoms with E-state index in [4.69, 9.17) is 9.47 Å². The van der Waals surface area contributed by atoms with Gasteiger partial charge in [-0.1, -0.05) is 6.07 Å². The molecule has 1 aromatic carbocycles. The molecule has 0 aromatic heterocycles. The van der Waals surface area contributed by atoms with E-state index in [2.05, 4.69) is 24.0 Å². The van der Waals surface area contributed by atoms with Gasteiger partial charge in [-0.25, -0.2) is 0 Å². The molecule has 0 spiro atoms. The van der Waals surface area contributed by atoms with Crippen molar-refractivity contribution in [1.82, 2.24) is 4.90 Å². The predicted molar refractivity (Wildman–Crippen MR) is 83.8 cm³/mol. The van der Waals surface area contributed by atoms with E-state index in [1.165, 1.54) is 5.56 Å². The van der Waals surface area contributed by atoms with Crippen molar-refractivity contribution in [2.75, 3.05) is 26.9 Å². The molecule has 1 heterocycles. The van der Waals surface area contributed by atoms with Crippen LogP contribution in [0.4, 0.5) is 0 Å². The molecular formula is C17H27NO3. The van der Waals surface area contributed by atoms with Gasteiger partial charge in [-0.2, -0.15) is 0 Å². The monoisotopic (exact) mass is 293 g/mol. The molecule has 2 rings (SSSR count). The summed E-state index contributed by atoms with van der Waals surface area (Å²) < 4.78 is 11.0. The summed E-state index contributed by atoms with van der Waals surface area (Å²) in [7, 11) is 1.67. The first-order valence-corrected chi connectivity index (χ1v) is 7.82. The van der Waals surface area contributed by atoms with E-state index in [1.807, 2.05) is 13.0 Å². The van der Waals surface area contributed by atoms with Gasteiger partial charge < -0.3 is 14.6 Å². The van der Waals surface area contributed by atoms with Gasteiger partial charge >= 0.3 is 0 Å². The fourth-order valence-electron chi connectivity index (χ4n) is 2.95. The van der Waals surface area contributed by atoms with Crippen molar-refractivity contribution in [3.63, 3.8) is 0 Å². The van der Waals surface area contributed by atoms with E-state index in [1.54, 1.807) is 7.11 Å². The van der Waals surface area contributed by atoms with E-state index in [9.17, 15) is 5.11 Å². The van der Waals surface area contributed by atoms with Crippen LogP contribution in [0.25, 0.3) is 0 Å². The molecule has 0 saturated carbocycles. The van der Waals surface area contributed by atoms with E-state index in [0.717, 1.165) is 37.4 Å². The van der Waals surface area contributed by atoms with Gasteiger partial charge in [0.2, 0.25) is 0 Å². The smallest absolute Gasteiger partial charge is 0.161 e. The molecule has 2 unspecified atom stereocenters. The SMILES string of the molecule is CCOc1ccc(CN2CC(CO)CCC2C)cc1OC. The number of ether oxygens (including phenoxy) is 2. The lowest BCUT2D eigenvalue weighted by Crippen LogP contribution is -2.42. The third kappa shape index (κ3) is 4.11. The average Bonchev–Trinajstić information content (AvgIpc) is 2.51. The zero-order valence-corrected chi connectivity index (χ0v) is 13.3. The number of hydrogen-bond acceptors (Lipinski definition) is 4. The Balaban J connectivity index is 2.07. The van der Waals surface area contributed by atoms with Crippen LogP contribution in [0.1, 0.15) is 32.3 Å². The molecule has 1 fully saturated rings. The molecule has 1 N–H and O–H groups in total. The number of hydrogen-bond donors (Lipinski definition) is 1. The summed E-state index contributed by atoms with van der Waals surface area (Å²) in [6.45, 7) is 7.01. The molecule has 1 saturated heterocycles. The molecule has 0 amide bonds. The highest BCUT2D eigenvalue weighted by molar-refractivity contribution is 5.43. The van der Waals surface area contributed by atoms with Crippen LogP contribution in [-0.4, -0.2) is 42.9 Å². The second kappa shape index (κ2) is 7.66. The maximum Gasteiger partial charge on any atom is 0.161 e. The molecule has 21 heavy (non-hydrogen) atoms. The quantitative estimate of drug-likeness (QED) is 0.875. The lowest BCUT2D eigenvalue weighted by atomic mass is 9.93. The molecular weight excluding hydrogens is 266 g/mol. The summed E-state index contributed by atoms with van der Waals surface area (Å²) in [6, 6.07) is 6.70. The average molecular weight is 293 g/mol. The summed E-state index contributed by atoms with van der Waals surface area (Å²) in [4.78, 5) is 2.44. The van der Waals surface area contributed by atoms with E-state index >= 15 is 0 Å². The minimum absolute atomic E-state index is 0.288. The van der Waals surface area contributed by atoms with Gasteiger partial charge in [0.1, 0.15) is 0 Å². The fraction of sp³-hybridized carbons (Fsp3) is 0.647. The van der Waals surface area contributed by atoms with Gasteiger partial charge in [0.05, 0.1) is 13.7 Å². The van der Waals surface area contributed by atoms with Gasteiger partial charge in [-0.05, 0) is 50.3 Å². The van der Waals surface area contributed by atoms with Crippen molar-refractivity contribution in [3.8, 4) is 11.5 Å². The number of piperidine rings is 1. The van der Waals surface area contributed by atoms with Crippen molar-refractivity contribution >= 4 is 0 Å². The molecule has 2 atom stereocenters. The summed E-state index contributed by atoms with van der Waals surface area (Å²) in [5.41, 5.74) is 1.22. The predicted octanol–water partition coefficient (Wildman–Crippen LogP) is 2.69. The van der Waals surface area contributed by atoms with Crippen LogP contribution in [-0.2, 0) is 6.54 Å². The highest BCUT2D eigenvalue weighted by atomic mass is 16.5. The Hall–Kier alpha value is -1.26. The Morgan fingerprint density at radius 1 is 1.29 bits per heavy atom. The normalized spacial score (nSPS) is 23.0. The van der Waals surface area contributed by atoms with Crippen LogP contribution >= 0.6 is 0 Å². The zero-order valence-electron chi connectivity index (χ0n) is 13.3. The van der Waals surface area contributed by atoms with Crippen LogP contribution in [0, 0.1) is 5.92 Å². The largest absolute Gasteiger partial charge is 0.493 e. The number of methoxy groups -OCH3 is 1. The fourth-order valence-corrected chi connectivity index (χ4v) is 2.95. The Labute approximate surface area is 127 Å². The molecule has 0 aliphatic carbocycles. The van der Waals surface area contributed by atoms with Gasteiger partial charge in [0.15, 0.2) is 11.5 Å². The number of aliphatic hydroxyl groups excluding tert-OH is 1. The first-order chi connectivity index (χ1) is 10.2. The number of rotatable bonds is 6. The Morgan fingerprint density at radius 3 is 2.76 bits per heavy atom. The van der Waals surface area contributed by atoms with Gasteiger partial charge in [0.25, 0.3) is 0 Å². The number of likely N-dealkylation sites (tertiary alicyclic amines) is 1. The number of aliphatic hydroxyl groups is 1. The third-order valence-electron chi connectivity index (χ3n) is 4.28. The molecule has 1 aliphatic heterocycles. The molecule has 4 heteroatoms. The minimum Gasteiger partial charge on any atom is -0.493 e. The van der Waals surface area contributed by atoms with Crippen LogP contribution in [0.2, 0.25) is 0 Å². The Morgan fingerprint density at radius 2 is 2.10 bits per heavy atom. The number of nitrogens with zero attached hydrogens (tertiary/aromatic N) is 1. The molecule has 4 nitrogen and oxygen atoms in total. The summed E-state index contributed by atoms with van der Waals surface area (Å²) >= 11 is 0. The summed E-state index contributed by atoms with van der Waals surface area (Å²) in [6.07, 6.45) is 2.28. The van der Waals surface area contributed by atoms with Crippen LogP contribution < -0.4 is 9.47 Å². The van der Waals surface area contributed by atoms with Crippen molar-refractivity contribution in [1.29, 1.82) is 0 Å². The third-order valence-corrected chi connectivity index (χ3v) is 4.28. The first kappa shape index (κ1) is 16.1. The van der Waals surface area contributed by atoms with Crippen molar-refractivity contribution < 1.29 is 14.6 Å². The molecule has 118 valence electrons.